The number of rotatable bonds is 6. The van der Waals surface area contributed by atoms with Crippen LogP contribution in [0.5, 0.6) is 0 Å². The number of esters is 1. The molecule has 0 fully saturated rings. The minimum atomic E-state index is -2.21. The summed E-state index contributed by atoms with van der Waals surface area (Å²) in [5.74, 6) is -0.690. The van der Waals surface area contributed by atoms with Crippen molar-refractivity contribution < 1.29 is 14.6 Å². The van der Waals surface area contributed by atoms with Gasteiger partial charge in [0.15, 0.2) is 0 Å². The molecule has 94 valence electrons. The average molecular weight is 335 g/mol. The molecule has 16 heavy (non-hydrogen) atoms. The van der Waals surface area contributed by atoms with Gasteiger partial charge in [-0.3, -0.25) is 0 Å². The normalized spacial score (nSPS) is 17.4. The van der Waals surface area contributed by atoms with Gasteiger partial charge in [0.05, 0.1) is 0 Å². The third-order valence-electron chi connectivity index (χ3n) is 3.04. The molecule has 0 aliphatic heterocycles. The van der Waals surface area contributed by atoms with Crippen LogP contribution >= 0.6 is 0 Å². The van der Waals surface area contributed by atoms with Gasteiger partial charge in [0.2, 0.25) is 0 Å². The number of aliphatic hydroxyl groups is 1. The van der Waals surface area contributed by atoms with Crippen molar-refractivity contribution in [1.82, 2.24) is 0 Å². The van der Waals surface area contributed by atoms with Crippen LogP contribution in [0, 0.1) is 5.92 Å². The molecule has 3 atom stereocenters. The number of carbonyl (C=O) groups excluding carboxylic acids is 1. The Kier molecular flexibility index (Phi) is 6.63. The molecule has 0 heterocycles. The molecular weight excluding hydrogens is 311 g/mol. The van der Waals surface area contributed by atoms with Gasteiger partial charge in [-0.1, -0.05) is 0 Å². The third kappa shape index (κ3) is 4.87. The summed E-state index contributed by atoms with van der Waals surface area (Å²) in [6.45, 7) is 7.44. The Morgan fingerprint density at radius 3 is 2.25 bits per heavy atom. The molecule has 0 radical (unpaired) electrons. The van der Waals surface area contributed by atoms with Crippen LogP contribution < -0.4 is 0 Å². The number of aliphatic hydroxyl groups excluding tert-OH is 1. The van der Waals surface area contributed by atoms with Crippen LogP contribution in [0.15, 0.2) is 12.7 Å². The summed E-state index contributed by atoms with van der Waals surface area (Å²) in [5, 5.41) is 9.72. The van der Waals surface area contributed by atoms with Gasteiger partial charge >= 0.3 is 103 Å². The molecule has 0 amide bonds. The zero-order valence-corrected chi connectivity index (χ0v) is 13.8. The van der Waals surface area contributed by atoms with Crippen LogP contribution in [0.3, 0.4) is 0 Å². The molecule has 0 saturated carbocycles. The minimum absolute atomic E-state index is 0.217. The van der Waals surface area contributed by atoms with E-state index in [1.165, 1.54) is 0 Å². The second kappa shape index (κ2) is 6.64. The predicted molar refractivity (Wildman–Crippen MR) is 69.1 cm³/mol. The quantitative estimate of drug-likeness (QED) is 0.461. The molecule has 0 rings (SSSR count). The summed E-state index contributed by atoms with van der Waals surface area (Å²) in [6.07, 6.45) is 0.894. The first-order chi connectivity index (χ1) is 7.21. The summed E-state index contributed by atoms with van der Waals surface area (Å²) >= 11 is -2.21. The van der Waals surface area contributed by atoms with E-state index in [2.05, 4.69) is 28.3 Å². The SMILES string of the molecule is C=CCOC(=O)[C@H]([C@H](C)O)[C@@H](C)[Sn]([CH3])([CH3])[CH3]. The van der Waals surface area contributed by atoms with Crippen molar-refractivity contribution in [2.75, 3.05) is 6.61 Å². The van der Waals surface area contributed by atoms with E-state index in [1.807, 2.05) is 0 Å². The second-order valence-electron chi connectivity index (χ2n) is 5.34. The zero-order chi connectivity index (χ0) is 12.9. The van der Waals surface area contributed by atoms with Crippen LogP contribution in [0.1, 0.15) is 13.8 Å². The molecule has 0 spiro atoms. The fourth-order valence-corrected chi connectivity index (χ4v) is 5.85. The molecule has 0 aliphatic carbocycles. The summed E-state index contributed by atoms with van der Waals surface area (Å²) < 4.78 is 5.30. The Labute approximate surface area is 103 Å². The van der Waals surface area contributed by atoms with Crippen molar-refractivity contribution in [3.8, 4) is 0 Å². The van der Waals surface area contributed by atoms with Gasteiger partial charge in [0.1, 0.15) is 0 Å². The van der Waals surface area contributed by atoms with Crippen molar-refractivity contribution in [3.05, 3.63) is 12.7 Å². The van der Waals surface area contributed by atoms with Crippen LogP contribution in [-0.2, 0) is 9.53 Å². The number of ether oxygens (including phenoxy) is 1. The van der Waals surface area contributed by atoms with E-state index in [0.717, 1.165) is 0 Å². The summed E-state index contributed by atoms with van der Waals surface area (Å²) in [4.78, 5) is 18.6. The summed E-state index contributed by atoms with van der Waals surface area (Å²) in [7, 11) is 0. The molecule has 0 unspecified atom stereocenters. The average Bonchev–Trinajstić information content (AvgIpc) is 2.12. The summed E-state index contributed by atoms with van der Waals surface area (Å²) in [5.41, 5.74) is 0. The van der Waals surface area contributed by atoms with Crippen molar-refractivity contribution in [2.24, 2.45) is 5.92 Å². The van der Waals surface area contributed by atoms with Crippen LogP contribution in [0.4, 0.5) is 0 Å². The molecular formula is C12H24O3Sn. The van der Waals surface area contributed by atoms with Gasteiger partial charge in [-0.05, 0) is 0 Å². The maximum absolute atomic E-state index is 11.8. The van der Waals surface area contributed by atoms with Gasteiger partial charge < -0.3 is 0 Å². The van der Waals surface area contributed by atoms with Crippen LogP contribution in [0.2, 0.25) is 18.8 Å². The Bertz CT molecular complexity index is 243. The van der Waals surface area contributed by atoms with Crippen molar-refractivity contribution in [1.29, 1.82) is 0 Å². The molecule has 1 N–H and O–H groups in total. The molecule has 4 heteroatoms. The van der Waals surface area contributed by atoms with Gasteiger partial charge in [-0.2, -0.15) is 0 Å². The Hall–Kier alpha value is -0.0313. The first kappa shape index (κ1) is 16.0. The molecule has 0 aromatic heterocycles. The van der Waals surface area contributed by atoms with Gasteiger partial charge in [-0.25, -0.2) is 0 Å². The molecule has 0 aromatic rings. The van der Waals surface area contributed by atoms with E-state index in [0.29, 0.717) is 0 Å². The molecule has 0 aliphatic rings. The maximum atomic E-state index is 11.8. The fourth-order valence-electron chi connectivity index (χ4n) is 1.59. The van der Waals surface area contributed by atoms with Crippen molar-refractivity contribution in [3.63, 3.8) is 0 Å². The monoisotopic (exact) mass is 336 g/mol. The summed E-state index contributed by atoms with van der Waals surface area (Å²) in [6, 6.07) is 0. The molecule has 3 nitrogen and oxygen atoms in total. The molecule has 0 saturated heterocycles. The number of carbonyl (C=O) groups is 1. The van der Waals surface area contributed by atoms with E-state index in [9.17, 15) is 9.90 Å². The van der Waals surface area contributed by atoms with Crippen LogP contribution in [0.25, 0.3) is 0 Å². The van der Waals surface area contributed by atoms with Crippen LogP contribution in [-0.4, -0.2) is 42.2 Å². The second-order valence-corrected chi connectivity index (χ2v) is 21.4. The standard InChI is InChI=1S/C9H15O3.3CH3.Sn/c1-4-6-12-9(11)8(5-2)7(3)10;;;;/h4-5,7-8,10H,1,6H2,2-3H3;3*1H3;/t7-,8-;;;;/m0..../s1. The Morgan fingerprint density at radius 1 is 1.44 bits per heavy atom. The third-order valence-corrected chi connectivity index (χ3v) is 11.9. The Morgan fingerprint density at radius 2 is 1.94 bits per heavy atom. The van der Waals surface area contributed by atoms with Gasteiger partial charge in [0.25, 0.3) is 0 Å². The van der Waals surface area contributed by atoms with Crippen molar-refractivity contribution in [2.45, 2.75) is 38.7 Å². The van der Waals surface area contributed by atoms with E-state index in [4.69, 9.17) is 4.74 Å². The number of hydrogen-bond donors (Lipinski definition) is 1. The van der Waals surface area contributed by atoms with Gasteiger partial charge in [-0.15, -0.1) is 0 Å². The fraction of sp³-hybridized carbons (Fsp3) is 0.750. The first-order valence-corrected chi connectivity index (χ1v) is 15.9. The number of hydrogen-bond acceptors (Lipinski definition) is 3. The topological polar surface area (TPSA) is 46.5 Å². The molecule has 0 aromatic carbocycles. The van der Waals surface area contributed by atoms with E-state index in [1.54, 1.807) is 13.0 Å². The van der Waals surface area contributed by atoms with E-state index in [-0.39, 0.29) is 16.5 Å². The Balaban J connectivity index is 4.73. The van der Waals surface area contributed by atoms with E-state index < -0.39 is 30.4 Å². The van der Waals surface area contributed by atoms with Crippen molar-refractivity contribution >= 4 is 24.3 Å². The predicted octanol–water partition coefficient (Wildman–Crippen LogP) is 2.44. The van der Waals surface area contributed by atoms with E-state index >= 15 is 0 Å². The molecule has 0 bridgehead atoms. The first-order valence-electron chi connectivity index (χ1n) is 5.67. The zero-order valence-electron chi connectivity index (χ0n) is 11.0. The van der Waals surface area contributed by atoms with Gasteiger partial charge in [0, 0.05) is 0 Å².